The number of ketones is 2. The topological polar surface area (TPSA) is 34.1 Å². The van der Waals surface area contributed by atoms with Gasteiger partial charge in [-0.05, 0) is 43.4 Å². The summed E-state index contributed by atoms with van der Waals surface area (Å²) in [4.78, 5) is 23.4. The van der Waals surface area contributed by atoms with Gasteiger partial charge in [-0.1, -0.05) is 39.0 Å². The first-order valence-electron chi connectivity index (χ1n) is 8.23. The Bertz CT molecular complexity index is 321. The van der Waals surface area contributed by atoms with E-state index in [9.17, 15) is 9.59 Å². The summed E-state index contributed by atoms with van der Waals surface area (Å²) in [6, 6.07) is 0. The van der Waals surface area contributed by atoms with Gasteiger partial charge >= 0.3 is 0 Å². The van der Waals surface area contributed by atoms with Gasteiger partial charge in [-0.3, -0.25) is 9.59 Å². The number of carbonyl (C=O) groups excluding carboxylic acids is 2. The molecule has 2 aliphatic carbocycles. The van der Waals surface area contributed by atoms with Crippen LogP contribution in [0.25, 0.3) is 0 Å². The Labute approximate surface area is 117 Å². The van der Waals surface area contributed by atoms with E-state index in [-0.39, 0.29) is 11.6 Å². The maximum Gasteiger partial charge on any atom is 0.198 e. The lowest BCUT2D eigenvalue weighted by atomic mass is 9.95. The fourth-order valence-electron chi connectivity index (χ4n) is 3.47. The smallest absolute Gasteiger partial charge is 0.198 e. The number of hydrogen-bond acceptors (Lipinski definition) is 2. The number of carbonyl (C=O) groups is 2. The molecule has 0 spiro atoms. The van der Waals surface area contributed by atoms with Gasteiger partial charge in [0.1, 0.15) is 0 Å². The highest BCUT2D eigenvalue weighted by atomic mass is 16.2. The number of hydrogen-bond donors (Lipinski definition) is 0. The van der Waals surface area contributed by atoms with E-state index in [0.29, 0.717) is 18.8 Å². The zero-order valence-electron chi connectivity index (χ0n) is 12.3. The Kier molecular flexibility index (Phi) is 5.59. The molecule has 0 radical (unpaired) electrons. The molecule has 0 amide bonds. The van der Waals surface area contributed by atoms with E-state index >= 15 is 0 Å². The van der Waals surface area contributed by atoms with Crippen molar-refractivity contribution in [2.75, 3.05) is 0 Å². The van der Waals surface area contributed by atoms with Crippen LogP contribution in [0.4, 0.5) is 0 Å². The van der Waals surface area contributed by atoms with Crippen molar-refractivity contribution in [2.24, 2.45) is 17.8 Å². The molecule has 0 N–H and O–H groups in total. The van der Waals surface area contributed by atoms with Crippen molar-refractivity contribution < 1.29 is 9.59 Å². The molecule has 3 unspecified atom stereocenters. The van der Waals surface area contributed by atoms with E-state index in [1.54, 1.807) is 0 Å². The average Bonchev–Trinajstić information content (AvgIpc) is 3.11. The van der Waals surface area contributed by atoms with E-state index < -0.39 is 0 Å². The Morgan fingerprint density at radius 2 is 1.42 bits per heavy atom. The maximum atomic E-state index is 11.7. The number of rotatable bonds is 0. The SMILES string of the molecule is CC1CCC(=O)C(=O)CCCCCCCC2CC2C1. The van der Waals surface area contributed by atoms with Crippen LogP contribution in [0.1, 0.15) is 77.6 Å². The molecule has 2 aliphatic rings. The molecule has 2 rings (SSSR count). The molecule has 3 atom stereocenters. The van der Waals surface area contributed by atoms with Gasteiger partial charge in [-0.2, -0.15) is 0 Å². The maximum absolute atomic E-state index is 11.7. The fraction of sp³-hybridized carbons (Fsp3) is 0.882. The molecule has 0 aliphatic heterocycles. The standard InChI is InChI=1S/C17H28O2/c1-13-9-10-17(19)16(18)8-6-4-2-3-5-7-14-12-15(14)11-13/h13-15H,2-12H2,1H3. The predicted octanol–water partition coefficient (Wildman–Crippen LogP) is 4.31. The quantitative estimate of drug-likeness (QED) is 0.611. The van der Waals surface area contributed by atoms with Crippen LogP contribution in [0, 0.1) is 17.8 Å². The van der Waals surface area contributed by atoms with Crippen molar-refractivity contribution in [3.8, 4) is 0 Å². The van der Waals surface area contributed by atoms with Gasteiger partial charge in [0.25, 0.3) is 0 Å². The van der Waals surface area contributed by atoms with Crippen molar-refractivity contribution in [3.63, 3.8) is 0 Å². The highest BCUT2D eigenvalue weighted by Gasteiger charge is 2.36. The minimum absolute atomic E-state index is 0.117. The summed E-state index contributed by atoms with van der Waals surface area (Å²) in [5, 5.41) is 0. The fourth-order valence-corrected chi connectivity index (χ4v) is 3.47. The first-order valence-corrected chi connectivity index (χ1v) is 8.23. The van der Waals surface area contributed by atoms with E-state index in [1.165, 1.54) is 38.5 Å². The van der Waals surface area contributed by atoms with E-state index in [2.05, 4.69) is 6.92 Å². The summed E-state index contributed by atoms with van der Waals surface area (Å²) in [6.45, 7) is 2.24. The van der Waals surface area contributed by atoms with Crippen LogP contribution in [-0.2, 0) is 9.59 Å². The van der Waals surface area contributed by atoms with Crippen LogP contribution in [0.15, 0.2) is 0 Å². The second-order valence-corrected chi connectivity index (χ2v) is 6.79. The Morgan fingerprint density at radius 1 is 0.737 bits per heavy atom. The molecule has 0 aromatic rings. The molecule has 2 heteroatoms. The normalized spacial score (nSPS) is 35.1. The van der Waals surface area contributed by atoms with Crippen LogP contribution < -0.4 is 0 Å². The summed E-state index contributed by atoms with van der Waals surface area (Å²) in [5.74, 6) is 2.27. The van der Waals surface area contributed by atoms with Crippen molar-refractivity contribution in [1.82, 2.24) is 0 Å². The first-order chi connectivity index (χ1) is 9.16. The number of fused-ring (bicyclic) bond motifs is 1. The van der Waals surface area contributed by atoms with Crippen LogP contribution in [0.3, 0.4) is 0 Å². The van der Waals surface area contributed by atoms with Gasteiger partial charge in [-0.25, -0.2) is 0 Å². The van der Waals surface area contributed by atoms with Crippen molar-refractivity contribution >= 4 is 11.6 Å². The van der Waals surface area contributed by atoms with E-state index in [0.717, 1.165) is 31.1 Å². The van der Waals surface area contributed by atoms with Crippen molar-refractivity contribution in [2.45, 2.75) is 77.6 Å². The molecule has 0 aromatic heterocycles. The van der Waals surface area contributed by atoms with Gasteiger partial charge in [0.15, 0.2) is 11.6 Å². The monoisotopic (exact) mass is 264 g/mol. The summed E-state index contributed by atoms with van der Waals surface area (Å²) >= 11 is 0. The summed E-state index contributed by atoms with van der Waals surface area (Å²) < 4.78 is 0. The molecule has 0 saturated heterocycles. The molecular formula is C17H28O2. The van der Waals surface area contributed by atoms with Crippen LogP contribution in [0.2, 0.25) is 0 Å². The Morgan fingerprint density at radius 3 is 2.26 bits per heavy atom. The van der Waals surface area contributed by atoms with Crippen molar-refractivity contribution in [1.29, 1.82) is 0 Å². The van der Waals surface area contributed by atoms with Gasteiger partial charge in [0.05, 0.1) is 0 Å². The molecule has 0 aromatic carbocycles. The van der Waals surface area contributed by atoms with Gasteiger partial charge in [0.2, 0.25) is 0 Å². The van der Waals surface area contributed by atoms with Gasteiger partial charge in [0, 0.05) is 12.8 Å². The Hall–Kier alpha value is -0.660. The average molecular weight is 264 g/mol. The van der Waals surface area contributed by atoms with Gasteiger partial charge in [-0.15, -0.1) is 0 Å². The van der Waals surface area contributed by atoms with Crippen molar-refractivity contribution in [3.05, 3.63) is 0 Å². The van der Waals surface area contributed by atoms with Crippen LogP contribution >= 0.6 is 0 Å². The second kappa shape index (κ2) is 7.21. The lowest BCUT2D eigenvalue weighted by Crippen LogP contribution is -2.14. The molecule has 108 valence electrons. The largest absolute Gasteiger partial charge is 0.291 e. The lowest BCUT2D eigenvalue weighted by molar-refractivity contribution is -0.136. The highest BCUT2D eigenvalue weighted by molar-refractivity contribution is 6.37. The summed E-state index contributed by atoms with van der Waals surface area (Å²) in [5.41, 5.74) is 0. The highest BCUT2D eigenvalue weighted by Crippen LogP contribution is 2.46. The van der Waals surface area contributed by atoms with Crippen LogP contribution in [-0.4, -0.2) is 11.6 Å². The number of Topliss-reactive ketones (excluding diaryl/α,β-unsaturated/α-hetero) is 2. The van der Waals surface area contributed by atoms with Crippen LogP contribution in [0.5, 0.6) is 0 Å². The molecule has 2 saturated carbocycles. The third kappa shape index (κ3) is 5.08. The zero-order chi connectivity index (χ0) is 13.7. The molecule has 2 nitrogen and oxygen atoms in total. The predicted molar refractivity (Wildman–Crippen MR) is 76.9 cm³/mol. The third-order valence-corrected chi connectivity index (χ3v) is 4.93. The first kappa shape index (κ1) is 14.7. The molecule has 2 fully saturated rings. The minimum Gasteiger partial charge on any atom is -0.291 e. The zero-order valence-corrected chi connectivity index (χ0v) is 12.3. The molecule has 19 heavy (non-hydrogen) atoms. The van der Waals surface area contributed by atoms with E-state index in [1.807, 2.05) is 0 Å². The molecule has 0 bridgehead atoms. The molecular weight excluding hydrogens is 236 g/mol. The lowest BCUT2D eigenvalue weighted by Gasteiger charge is -2.10. The molecule has 0 heterocycles. The third-order valence-electron chi connectivity index (χ3n) is 4.93. The van der Waals surface area contributed by atoms with Gasteiger partial charge < -0.3 is 0 Å². The minimum atomic E-state index is -0.119. The van der Waals surface area contributed by atoms with E-state index in [4.69, 9.17) is 0 Å². The Balaban J connectivity index is 1.81. The summed E-state index contributed by atoms with van der Waals surface area (Å²) in [7, 11) is 0. The second-order valence-electron chi connectivity index (χ2n) is 6.79. The summed E-state index contributed by atoms with van der Waals surface area (Å²) in [6.07, 6.45) is 11.9.